The van der Waals surface area contributed by atoms with E-state index in [1.165, 1.54) is 12.8 Å². The van der Waals surface area contributed by atoms with E-state index in [0.717, 1.165) is 18.8 Å². The molecule has 0 bridgehead atoms. The third kappa shape index (κ3) is 2.53. The molecular formula is C11H15NO3. The zero-order valence-electron chi connectivity index (χ0n) is 8.79. The van der Waals surface area contributed by atoms with Crippen LogP contribution in [0.2, 0.25) is 0 Å². The Labute approximate surface area is 89.0 Å². The molecule has 1 aliphatic heterocycles. The number of hydrogen-bond donors (Lipinski definition) is 1. The van der Waals surface area contributed by atoms with Crippen molar-refractivity contribution < 1.29 is 14.4 Å². The Morgan fingerprint density at radius 1 is 1.20 bits per heavy atom. The maximum absolute atomic E-state index is 5.57. The molecule has 4 heteroatoms. The fraction of sp³-hybridized carbons (Fsp3) is 0.455. The van der Waals surface area contributed by atoms with Crippen molar-refractivity contribution in [3.63, 3.8) is 0 Å². The van der Waals surface area contributed by atoms with Gasteiger partial charge in [-0.1, -0.05) is 19.8 Å². The van der Waals surface area contributed by atoms with Gasteiger partial charge in [0.15, 0.2) is 11.5 Å². The van der Waals surface area contributed by atoms with E-state index < -0.39 is 0 Å². The van der Waals surface area contributed by atoms with Crippen LogP contribution in [0.5, 0.6) is 17.2 Å². The van der Waals surface area contributed by atoms with Gasteiger partial charge in [0.05, 0.1) is 6.61 Å². The topological polar surface area (TPSA) is 39.7 Å². The molecule has 0 aliphatic carbocycles. The molecule has 1 aromatic rings. The van der Waals surface area contributed by atoms with Crippen LogP contribution in [0.3, 0.4) is 0 Å². The van der Waals surface area contributed by atoms with E-state index in [0.29, 0.717) is 11.5 Å². The van der Waals surface area contributed by atoms with Crippen LogP contribution >= 0.6 is 0 Å². The quantitative estimate of drug-likeness (QED) is 0.756. The van der Waals surface area contributed by atoms with Crippen LogP contribution < -0.4 is 20.1 Å². The summed E-state index contributed by atoms with van der Waals surface area (Å²) in [6, 6.07) is 5.52. The fourth-order valence-electron chi connectivity index (χ4n) is 1.39. The first-order valence-electron chi connectivity index (χ1n) is 5.25. The van der Waals surface area contributed by atoms with Gasteiger partial charge in [-0.25, -0.2) is 0 Å². The molecule has 1 aromatic carbocycles. The molecular weight excluding hydrogens is 194 g/mol. The summed E-state index contributed by atoms with van der Waals surface area (Å²) >= 11 is 0. The number of nitrogens with one attached hydrogen (secondary N) is 1. The standard InChI is InChI=1S/C11H15NO3/c1-2-3-4-7-13-9-5-6-10-11(8-9)15-12-14-10/h5-6,8,12H,2-4,7H2,1H3. The largest absolute Gasteiger partial charge is 0.493 e. The highest BCUT2D eigenvalue weighted by atomic mass is 16.9. The highest BCUT2D eigenvalue weighted by molar-refractivity contribution is 5.46. The predicted octanol–water partition coefficient (Wildman–Crippen LogP) is 2.45. The lowest BCUT2D eigenvalue weighted by Crippen LogP contribution is -2.14. The van der Waals surface area contributed by atoms with Gasteiger partial charge in [0.25, 0.3) is 0 Å². The molecule has 0 unspecified atom stereocenters. The molecule has 0 atom stereocenters. The van der Waals surface area contributed by atoms with Crippen LogP contribution in [0.25, 0.3) is 0 Å². The van der Waals surface area contributed by atoms with Gasteiger partial charge >= 0.3 is 0 Å². The second-order valence-corrected chi connectivity index (χ2v) is 3.45. The first-order chi connectivity index (χ1) is 7.40. The maximum atomic E-state index is 5.57. The minimum absolute atomic E-state index is 0.669. The first-order valence-corrected chi connectivity index (χ1v) is 5.25. The Morgan fingerprint density at radius 2 is 2.07 bits per heavy atom. The van der Waals surface area contributed by atoms with Crippen LogP contribution in [0, 0.1) is 0 Å². The van der Waals surface area contributed by atoms with E-state index in [1.807, 2.05) is 18.2 Å². The van der Waals surface area contributed by atoms with E-state index >= 15 is 0 Å². The molecule has 0 amide bonds. The predicted molar refractivity (Wildman–Crippen MR) is 55.9 cm³/mol. The van der Waals surface area contributed by atoms with E-state index in [2.05, 4.69) is 12.6 Å². The lowest BCUT2D eigenvalue weighted by molar-refractivity contribution is 0.0259. The molecule has 0 spiro atoms. The second kappa shape index (κ2) is 4.89. The van der Waals surface area contributed by atoms with Crippen LogP contribution in [0.4, 0.5) is 0 Å². The number of ether oxygens (including phenoxy) is 1. The van der Waals surface area contributed by atoms with Crippen LogP contribution in [-0.4, -0.2) is 6.61 Å². The molecule has 4 nitrogen and oxygen atoms in total. The van der Waals surface area contributed by atoms with E-state index in [-0.39, 0.29) is 0 Å². The van der Waals surface area contributed by atoms with Crippen LogP contribution in [-0.2, 0) is 0 Å². The van der Waals surface area contributed by atoms with Gasteiger partial charge in [-0.3, -0.25) is 0 Å². The lowest BCUT2D eigenvalue weighted by atomic mass is 10.2. The Hall–Kier alpha value is -1.42. The van der Waals surface area contributed by atoms with Gasteiger partial charge in [-0.2, -0.15) is 0 Å². The van der Waals surface area contributed by atoms with Gasteiger partial charge in [0.2, 0.25) is 0 Å². The van der Waals surface area contributed by atoms with Gasteiger partial charge in [0.1, 0.15) is 5.75 Å². The highest BCUT2D eigenvalue weighted by Gasteiger charge is 2.14. The number of unbranched alkanes of at least 4 members (excludes halogenated alkanes) is 2. The summed E-state index contributed by atoms with van der Waals surface area (Å²) in [7, 11) is 0. The third-order valence-corrected chi connectivity index (χ3v) is 2.24. The summed E-state index contributed by atoms with van der Waals surface area (Å²) in [5.74, 6) is 2.18. The van der Waals surface area contributed by atoms with E-state index in [9.17, 15) is 0 Å². The average Bonchev–Trinajstić information content (AvgIpc) is 2.71. The maximum Gasteiger partial charge on any atom is 0.199 e. The first kappa shape index (κ1) is 10.1. The van der Waals surface area contributed by atoms with Crippen molar-refractivity contribution in [2.24, 2.45) is 0 Å². The van der Waals surface area contributed by atoms with Crippen molar-refractivity contribution in [1.29, 1.82) is 0 Å². The van der Waals surface area contributed by atoms with Crippen molar-refractivity contribution in [2.45, 2.75) is 26.2 Å². The third-order valence-electron chi connectivity index (χ3n) is 2.24. The molecule has 82 valence electrons. The molecule has 0 radical (unpaired) electrons. The number of rotatable bonds is 5. The summed E-state index contributed by atoms with van der Waals surface area (Å²) in [6.45, 7) is 2.92. The zero-order valence-corrected chi connectivity index (χ0v) is 8.79. The summed E-state index contributed by atoms with van der Waals surface area (Å²) in [4.78, 5) is 9.98. The monoisotopic (exact) mass is 209 g/mol. The van der Waals surface area contributed by atoms with E-state index in [1.54, 1.807) is 0 Å². The fourth-order valence-corrected chi connectivity index (χ4v) is 1.39. The van der Waals surface area contributed by atoms with E-state index in [4.69, 9.17) is 14.4 Å². The highest BCUT2D eigenvalue weighted by Crippen LogP contribution is 2.33. The summed E-state index contributed by atoms with van der Waals surface area (Å²) in [5.41, 5.74) is 2.34. The molecule has 1 aliphatic rings. The molecule has 1 N–H and O–H groups in total. The zero-order chi connectivity index (χ0) is 10.5. The van der Waals surface area contributed by atoms with Crippen molar-refractivity contribution in [3.8, 4) is 17.2 Å². The second-order valence-electron chi connectivity index (χ2n) is 3.45. The molecule has 0 saturated heterocycles. The van der Waals surface area contributed by atoms with Gasteiger partial charge in [-0.05, 0) is 18.6 Å². The van der Waals surface area contributed by atoms with Gasteiger partial charge in [-0.15, -0.1) is 0 Å². The minimum atomic E-state index is 0.669. The van der Waals surface area contributed by atoms with Gasteiger partial charge < -0.3 is 14.4 Å². The van der Waals surface area contributed by atoms with Crippen molar-refractivity contribution in [2.75, 3.05) is 6.61 Å². The molecule has 2 rings (SSSR count). The summed E-state index contributed by atoms with van der Waals surface area (Å²) in [6.07, 6.45) is 3.49. The Morgan fingerprint density at radius 3 is 2.93 bits per heavy atom. The number of benzene rings is 1. The molecule has 0 aromatic heterocycles. The molecule has 1 heterocycles. The number of fused-ring (bicyclic) bond motifs is 1. The normalized spacial score (nSPS) is 12.9. The number of hydrogen-bond acceptors (Lipinski definition) is 4. The minimum Gasteiger partial charge on any atom is -0.493 e. The van der Waals surface area contributed by atoms with Crippen LogP contribution in [0.15, 0.2) is 18.2 Å². The van der Waals surface area contributed by atoms with Crippen molar-refractivity contribution >= 4 is 0 Å². The molecule has 0 fully saturated rings. The summed E-state index contributed by atoms with van der Waals surface area (Å²) in [5, 5.41) is 0. The molecule has 0 saturated carbocycles. The summed E-state index contributed by atoms with van der Waals surface area (Å²) < 4.78 is 5.57. The smallest absolute Gasteiger partial charge is 0.199 e. The SMILES string of the molecule is CCCCCOc1ccc2c(c1)ONO2. The van der Waals surface area contributed by atoms with Crippen molar-refractivity contribution in [3.05, 3.63) is 18.2 Å². The van der Waals surface area contributed by atoms with Crippen molar-refractivity contribution in [1.82, 2.24) is 5.64 Å². The lowest BCUT2D eigenvalue weighted by Gasteiger charge is -2.05. The van der Waals surface area contributed by atoms with Crippen LogP contribution in [0.1, 0.15) is 26.2 Å². The van der Waals surface area contributed by atoms with Gasteiger partial charge in [0, 0.05) is 11.7 Å². The Balaban J connectivity index is 1.87. The Bertz CT molecular complexity index is 328. The Kier molecular flexibility index (Phi) is 3.29. The molecule has 15 heavy (non-hydrogen) atoms. The average molecular weight is 209 g/mol.